The van der Waals surface area contributed by atoms with Gasteiger partial charge in [0.25, 0.3) is 0 Å². The Balaban J connectivity index is 1.48. The minimum Gasteiger partial charge on any atom is -0.469 e. The van der Waals surface area contributed by atoms with Crippen LogP contribution in [0.5, 0.6) is 0 Å². The number of nitrogens with zero attached hydrogens (tertiary/aromatic N) is 2. The molecule has 1 amide bonds. The van der Waals surface area contributed by atoms with Gasteiger partial charge in [-0.2, -0.15) is 0 Å². The number of carbonyl (C=O) groups excluding carboxylic acids is 2. The average molecular weight is 351 g/mol. The predicted molar refractivity (Wildman–Crippen MR) is 91.5 cm³/mol. The molecule has 2 aliphatic heterocycles. The third-order valence-electron chi connectivity index (χ3n) is 5.04. The third kappa shape index (κ3) is 3.90. The quantitative estimate of drug-likeness (QED) is 0.764. The number of fused-ring (bicyclic) bond motifs is 1. The van der Waals surface area contributed by atoms with E-state index in [-0.39, 0.29) is 24.7 Å². The lowest BCUT2D eigenvalue weighted by molar-refractivity contribution is -0.143. The molecule has 0 spiro atoms. The monoisotopic (exact) mass is 350 g/mol. The Morgan fingerprint density at radius 1 is 1.12 bits per heavy atom. The molecule has 0 bridgehead atoms. The van der Waals surface area contributed by atoms with Crippen LogP contribution in [0.15, 0.2) is 24.3 Å². The number of halogens is 1. The molecule has 2 atom stereocenters. The van der Waals surface area contributed by atoms with E-state index >= 15 is 0 Å². The molecule has 2 fully saturated rings. The fourth-order valence-electron chi connectivity index (χ4n) is 3.76. The van der Waals surface area contributed by atoms with E-state index in [4.69, 9.17) is 11.6 Å². The molecule has 0 unspecified atom stereocenters. The number of likely N-dealkylation sites (tertiary alicyclic amines) is 2. The Morgan fingerprint density at radius 2 is 1.79 bits per heavy atom. The highest BCUT2D eigenvalue weighted by Gasteiger charge is 2.41. The topological polar surface area (TPSA) is 49.9 Å². The summed E-state index contributed by atoms with van der Waals surface area (Å²) in [5.74, 6) is 0.783. The second kappa shape index (κ2) is 7.53. The summed E-state index contributed by atoms with van der Waals surface area (Å²) in [4.78, 5) is 27.7. The van der Waals surface area contributed by atoms with Crippen molar-refractivity contribution in [1.82, 2.24) is 9.80 Å². The maximum absolute atomic E-state index is 12.2. The molecule has 130 valence electrons. The number of ether oxygens (including phenoxy) is 1. The van der Waals surface area contributed by atoms with E-state index in [0.717, 1.165) is 43.3 Å². The van der Waals surface area contributed by atoms with Crippen LogP contribution in [0.1, 0.15) is 18.4 Å². The van der Waals surface area contributed by atoms with Crippen LogP contribution in [-0.4, -0.2) is 55.0 Å². The molecule has 1 aromatic rings. The number of carbonyl (C=O) groups is 2. The normalized spacial score (nSPS) is 23.3. The number of methoxy groups -OCH3 is 1. The maximum atomic E-state index is 12.2. The Hall–Kier alpha value is -1.59. The van der Waals surface area contributed by atoms with E-state index in [9.17, 15) is 9.59 Å². The van der Waals surface area contributed by atoms with Crippen LogP contribution < -0.4 is 0 Å². The van der Waals surface area contributed by atoms with Gasteiger partial charge in [-0.25, -0.2) is 0 Å². The number of hydrogen-bond donors (Lipinski definition) is 0. The van der Waals surface area contributed by atoms with Crippen molar-refractivity contribution >= 4 is 23.5 Å². The lowest BCUT2D eigenvalue weighted by Crippen LogP contribution is -2.33. The molecule has 0 aliphatic carbocycles. The Morgan fingerprint density at radius 3 is 2.42 bits per heavy atom. The summed E-state index contributed by atoms with van der Waals surface area (Å²) in [5, 5.41) is 0.814. The molecule has 1 aromatic carbocycles. The van der Waals surface area contributed by atoms with Crippen LogP contribution in [0.2, 0.25) is 5.02 Å². The van der Waals surface area contributed by atoms with Crippen LogP contribution in [-0.2, 0) is 20.9 Å². The Labute approximate surface area is 147 Å². The zero-order valence-corrected chi connectivity index (χ0v) is 14.7. The van der Waals surface area contributed by atoms with Gasteiger partial charge in [-0.1, -0.05) is 29.8 Å². The van der Waals surface area contributed by atoms with Crippen LogP contribution in [0.25, 0.3) is 0 Å². The number of esters is 1. The predicted octanol–water partition coefficient (Wildman–Crippen LogP) is 2.18. The van der Waals surface area contributed by atoms with Gasteiger partial charge in [0, 0.05) is 44.2 Å². The van der Waals surface area contributed by atoms with Crippen LogP contribution in [0, 0.1) is 11.8 Å². The average Bonchev–Trinajstić information content (AvgIpc) is 3.12. The fourth-order valence-corrected chi connectivity index (χ4v) is 3.96. The fraction of sp³-hybridized carbons (Fsp3) is 0.556. The van der Waals surface area contributed by atoms with Gasteiger partial charge < -0.3 is 9.64 Å². The van der Waals surface area contributed by atoms with Crippen molar-refractivity contribution in [3.63, 3.8) is 0 Å². The first kappa shape index (κ1) is 17.2. The molecule has 0 aromatic heterocycles. The zero-order chi connectivity index (χ0) is 17.1. The summed E-state index contributed by atoms with van der Waals surface area (Å²) < 4.78 is 4.59. The number of hydrogen-bond acceptors (Lipinski definition) is 4. The van der Waals surface area contributed by atoms with Crippen LogP contribution >= 0.6 is 11.6 Å². The summed E-state index contributed by atoms with van der Waals surface area (Å²) in [7, 11) is 1.35. The van der Waals surface area contributed by atoms with Gasteiger partial charge in [0.15, 0.2) is 0 Å². The lowest BCUT2D eigenvalue weighted by Gasteiger charge is -2.22. The molecule has 0 N–H and O–H groups in total. The second-order valence-corrected chi connectivity index (χ2v) is 7.09. The summed E-state index contributed by atoms with van der Waals surface area (Å²) in [6.07, 6.45) is 0.412. The Bertz CT molecular complexity index is 608. The molecule has 0 radical (unpaired) electrons. The van der Waals surface area contributed by atoms with E-state index in [0.29, 0.717) is 11.8 Å². The molecule has 3 rings (SSSR count). The maximum Gasteiger partial charge on any atom is 0.306 e. The van der Waals surface area contributed by atoms with E-state index < -0.39 is 0 Å². The van der Waals surface area contributed by atoms with Crippen molar-refractivity contribution in [2.75, 3.05) is 33.3 Å². The highest BCUT2D eigenvalue weighted by atomic mass is 35.5. The van der Waals surface area contributed by atoms with Crippen molar-refractivity contribution < 1.29 is 14.3 Å². The first-order chi connectivity index (χ1) is 11.6. The van der Waals surface area contributed by atoms with E-state index in [2.05, 4.69) is 15.7 Å². The van der Waals surface area contributed by atoms with Crippen molar-refractivity contribution in [2.45, 2.75) is 19.4 Å². The highest BCUT2D eigenvalue weighted by molar-refractivity contribution is 6.31. The van der Waals surface area contributed by atoms with Gasteiger partial charge in [0.05, 0.1) is 13.5 Å². The van der Waals surface area contributed by atoms with Crippen LogP contribution in [0.3, 0.4) is 0 Å². The number of rotatable bonds is 5. The molecule has 2 aliphatic rings. The first-order valence-electron chi connectivity index (χ1n) is 8.37. The molecule has 24 heavy (non-hydrogen) atoms. The highest BCUT2D eigenvalue weighted by Crippen LogP contribution is 2.33. The first-order valence-corrected chi connectivity index (χ1v) is 8.75. The van der Waals surface area contributed by atoms with Gasteiger partial charge in [0.2, 0.25) is 5.91 Å². The summed E-state index contributed by atoms with van der Waals surface area (Å²) in [6, 6.07) is 7.96. The van der Waals surface area contributed by atoms with Gasteiger partial charge in [-0.05, 0) is 23.5 Å². The van der Waals surface area contributed by atoms with E-state index in [1.165, 1.54) is 7.11 Å². The smallest absolute Gasteiger partial charge is 0.306 e. The molecule has 6 heteroatoms. The van der Waals surface area contributed by atoms with Gasteiger partial charge in [0.1, 0.15) is 0 Å². The molecular formula is C18H23ClN2O3. The summed E-state index contributed by atoms with van der Waals surface area (Å²) in [5.41, 5.74) is 1.16. The lowest BCUT2D eigenvalue weighted by atomic mass is 10.0. The molecule has 0 saturated carbocycles. The minimum absolute atomic E-state index is 0.0625. The van der Waals surface area contributed by atoms with Crippen molar-refractivity contribution in [3.05, 3.63) is 34.9 Å². The second-order valence-electron chi connectivity index (χ2n) is 6.68. The molecule has 2 saturated heterocycles. The third-order valence-corrected chi connectivity index (χ3v) is 5.41. The number of amides is 1. The molecular weight excluding hydrogens is 328 g/mol. The number of benzene rings is 1. The Kier molecular flexibility index (Phi) is 5.41. The van der Waals surface area contributed by atoms with Crippen molar-refractivity contribution in [1.29, 1.82) is 0 Å². The molecule has 2 heterocycles. The summed E-state index contributed by atoms with van der Waals surface area (Å²) >= 11 is 6.24. The van der Waals surface area contributed by atoms with E-state index in [1.807, 2.05) is 23.1 Å². The summed E-state index contributed by atoms with van der Waals surface area (Å²) in [6.45, 7) is 4.45. The van der Waals surface area contributed by atoms with Gasteiger partial charge >= 0.3 is 5.97 Å². The van der Waals surface area contributed by atoms with Crippen molar-refractivity contribution in [2.24, 2.45) is 11.8 Å². The van der Waals surface area contributed by atoms with Crippen LogP contribution in [0.4, 0.5) is 0 Å². The molecule has 5 nitrogen and oxygen atoms in total. The zero-order valence-electron chi connectivity index (χ0n) is 13.9. The largest absolute Gasteiger partial charge is 0.469 e. The van der Waals surface area contributed by atoms with Crippen molar-refractivity contribution in [3.8, 4) is 0 Å². The van der Waals surface area contributed by atoms with E-state index in [1.54, 1.807) is 0 Å². The minimum atomic E-state index is -0.325. The standard InChI is InChI=1S/C18H23ClN2O3/c1-24-18(23)7-6-17(22)21-11-14-9-20(10-15(14)12-21)8-13-4-2-3-5-16(13)19/h2-5,14-15H,6-12H2,1H3/t14-,15+. The SMILES string of the molecule is COC(=O)CCC(=O)N1C[C@H]2CN(Cc3ccccc3Cl)C[C@H]2C1. The van der Waals surface area contributed by atoms with Gasteiger partial charge in [-0.3, -0.25) is 14.5 Å². The van der Waals surface area contributed by atoms with Gasteiger partial charge in [-0.15, -0.1) is 0 Å².